The van der Waals surface area contributed by atoms with E-state index >= 15 is 0 Å². The van der Waals surface area contributed by atoms with Crippen LogP contribution in [0.15, 0.2) is 65.8 Å². The summed E-state index contributed by atoms with van der Waals surface area (Å²) >= 11 is 1.73. The summed E-state index contributed by atoms with van der Waals surface area (Å²) in [6, 6.07) is 21.0. The van der Waals surface area contributed by atoms with Crippen molar-refractivity contribution in [1.82, 2.24) is 14.9 Å². The standard InChI is InChI=1S/C30H41N3OS/c1-6-7-19-33-28(25-16-12-9-13-17-25)27(24-14-10-8-11-15-24)32-29(33)35-20-18-31-26(34)21-23(2)22-30(3,4)5/h8-17,23H,6-7,18-22H2,1-5H3,(H,31,34). The van der Waals surface area contributed by atoms with Gasteiger partial charge in [-0.2, -0.15) is 0 Å². The third kappa shape index (κ3) is 8.28. The van der Waals surface area contributed by atoms with Gasteiger partial charge >= 0.3 is 0 Å². The van der Waals surface area contributed by atoms with Gasteiger partial charge in [-0.3, -0.25) is 4.79 Å². The average Bonchev–Trinajstić information content (AvgIpc) is 3.18. The molecule has 35 heavy (non-hydrogen) atoms. The van der Waals surface area contributed by atoms with Crippen molar-refractivity contribution in [3.63, 3.8) is 0 Å². The summed E-state index contributed by atoms with van der Waals surface area (Å²) in [4.78, 5) is 17.6. The number of nitrogens with zero attached hydrogens (tertiary/aromatic N) is 2. The Kier molecular flexibility index (Phi) is 10.0. The Morgan fingerprint density at radius 2 is 1.66 bits per heavy atom. The van der Waals surface area contributed by atoms with Gasteiger partial charge in [0.1, 0.15) is 0 Å². The molecular weight excluding hydrogens is 450 g/mol. The molecule has 0 saturated carbocycles. The van der Waals surface area contributed by atoms with Crippen molar-refractivity contribution < 1.29 is 4.79 Å². The molecule has 3 rings (SSSR count). The number of thioether (sulfide) groups is 1. The van der Waals surface area contributed by atoms with E-state index in [1.165, 1.54) is 11.3 Å². The first kappa shape index (κ1) is 27.1. The number of carbonyl (C=O) groups excluding carboxylic acids is 1. The second-order valence-corrected chi connectivity index (χ2v) is 11.7. The summed E-state index contributed by atoms with van der Waals surface area (Å²) in [6.07, 6.45) is 3.86. The van der Waals surface area contributed by atoms with Crippen LogP contribution in [0.1, 0.15) is 60.3 Å². The van der Waals surface area contributed by atoms with Crippen LogP contribution in [0.4, 0.5) is 0 Å². The Balaban J connectivity index is 1.75. The van der Waals surface area contributed by atoms with E-state index in [9.17, 15) is 4.79 Å². The predicted octanol–water partition coefficient (Wildman–Crippen LogP) is 7.69. The molecule has 1 heterocycles. The van der Waals surface area contributed by atoms with Gasteiger partial charge < -0.3 is 9.88 Å². The number of unbranched alkanes of at least 4 members (excludes halogenated alkanes) is 1. The summed E-state index contributed by atoms with van der Waals surface area (Å²) in [5, 5.41) is 4.14. The molecule has 0 fully saturated rings. The maximum Gasteiger partial charge on any atom is 0.220 e. The lowest BCUT2D eigenvalue weighted by atomic mass is 9.84. The van der Waals surface area contributed by atoms with Crippen molar-refractivity contribution in [2.24, 2.45) is 11.3 Å². The largest absolute Gasteiger partial charge is 0.355 e. The first-order valence-corrected chi connectivity index (χ1v) is 13.9. The molecule has 0 aliphatic heterocycles. The van der Waals surface area contributed by atoms with Crippen LogP contribution < -0.4 is 5.32 Å². The first-order valence-electron chi connectivity index (χ1n) is 12.9. The van der Waals surface area contributed by atoms with Crippen LogP contribution in [0.25, 0.3) is 22.5 Å². The van der Waals surface area contributed by atoms with Gasteiger partial charge in [0.15, 0.2) is 5.16 Å². The van der Waals surface area contributed by atoms with Crippen LogP contribution in [0, 0.1) is 11.3 Å². The second kappa shape index (κ2) is 13.0. The van der Waals surface area contributed by atoms with Gasteiger partial charge in [-0.1, -0.05) is 113 Å². The lowest BCUT2D eigenvalue weighted by Gasteiger charge is -2.22. The number of hydrogen-bond acceptors (Lipinski definition) is 3. The highest BCUT2D eigenvalue weighted by molar-refractivity contribution is 7.99. The molecule has 0 spiro atoms. The molecular formula is C30H41N3OS. The molecule has 188 valence electrons. The lowest BCUT2D eigenvalue weighted by molar-refractivity contribution is -0.121. The van der Waals surface area contributed by atoms with Crippen LogP contribution in [0.3, 0.4) is 0 Å². The Bertz CT molecular complexity index is 1050. The molecule has 1 atom stereocenters. The molecule has 1 amide bonds. The molecule has 3 aromatic rings. The Morgan fingerprint density at radius 3 is 2.26 bits per heavy atom. The summed E-state index contributed by atoms with van der Waals surface area (Å²) in [5.41, 5.74) is 4.76. The van der Waals surface area contributed by atoms with Gasteiger partial charge in [0.25, 0.3) is 0 Å². The van der Waals surface area contributed by atoms with E-state index in [1.807, 2.05) is 6.07 Å². The van der Waals surface area contributed by atoms with E-state index in [1.54, 1.807) is 11.8 Å². The minimum Gasteiger partial charge on any atom is -0.355 e. The van der Waals surface area contributed by atoms with Gasteiger partial charge in [-0.15, -0.1) is 0 Å². The number of rotatable bonds is 12. The van der Waals surface area contributed by atoms with E-state index < -0.39 is 0 Å². The zero-order valence-corrected chi connectivity index (χ0v) is 22.8. The van der Waals surface area contributed by atoms with E-state index in [-0.39, 0.29) is 11.3 Å². The van der Waals surface area contributed by atoms with Crippen molar-refractivity contribution in [3.05, 3.63) is 60.7 Å². The molecule has 0 aliphatic carbocycles. The highest BCUT2D eigenvalue weighted by Gasteiger charge is 2.21. The summed E-state index contributed by atoms with van der Waals surface area (Å²) in [7, 11) is 0. The highest BCUT2D eigenvalue weighted by atomic mass is 32.2. The molecule has 0 bridgehead atoms. The third-order valence-corrected chi connectivity index (χ3v) is 6.89. The average molecular weight is 492 g/mol. The highest BCUT2D eigenvalue weighted by Crippen LogP contribution is 2.36. The Hall–Kier alpha value is -2.53. The fourth-order valence-electron chi connectivity index (χ4n) is 4.59. The topological polar surface area (TPSA) is 46.9 Å². The van der Waals surface area contributed by atoms with Gasteiger partial charge in [0, 0.05) is 36.4 Å². The monoisotopic (exact) mass is 491 g/mol. The number of carbonyl (C=O) groups is 1. The van der Waals surface area contributed by atoms with Crippen molar-refractivity contribution in [3.8, 4) is 22.5 Å². The van der Waals surface area contributed by atoms with E-state index in [2.05, 4.69) is 99.1 Å². The molecule has 0 aliphatic rings. The smallest absolute Gasteiger partial charge is 0.220 e. The SMILES string of the molecule is CCCCn1c(SCCNC(=O)CC(C)CC(C)(C)C)nc(-c2ccccc2)c1-c1ccccc1. The number of aromatic nitrogens is 2. The zero-order chi connectivity index (χ0) is 25.3. The predicted molar refractivity (Wildman–Crippen MR) is 150 cm³/mol. The Labute approximate surface area is 215 Å². The molecule has 5 heteroatoms. The summed E-state index contributed by atoms with van der Waals surface area (Å²) < 4.78 is 2.37. The lowest BCUT2D eigenvalue weighted by Crippen LogP contribution is -2.28. The van der Waals surface area contributed by atoms with Crippen LogP contribution in [-0.2, 0) is 11.3 Å². The van der Waals surface area contributed by atoms with Gasteiger partial charge in [0.2, 0.25) is 5.91 Å². The number of amides is 1. The second-order valence-electron chi connectivity index (χ2n) is 10.6. The van der Waals surface area contributed by atoms with Crippen LogP contribution in [0.5, 0.6) is 0 Å². The van der Waals surface area contributed by atoms with Crippen LogP contribution >= 0.6 is 11.8 Å². The summed E-state index contributed by atoms with van der Waals surface area (Å²) in [5.74, 6) is 1.33. The van der Waals surface area contributed by atoms with Crippen molar-refractivity contribution in [1.29, 1.82) is 0 Å². The fourth-order valence-corrected chi connectivity index (χ4v) is 5.47. The van der Waals surface area contributed by atoms with E-state index in [0.717, 1.165) is 48.0 Å². The van der Waals surface area contributed by atoms with Crippen molar-refractivity contribution >= 4 is 17.7 Å². The van der Waals surface area contributed by atoms with Crippen molar-refractivity contribution in [2.45, 2.75) is 72.0 Å². The maximum atomic E-state index is 12.4. The minimum atomic E-state index is 0.145. The third-order valence-electron chi connectivity index (χ3n) is 5.91. The minimum absolute atomic E-state index is 0.145. The number of imidazole rings is 1. The number of nitrogens with one attached hydrogen (secondary N) is 1. The fraction of sp³-hybridized carbons (Fsp3) is 0.467. The summed E-state index contributed by atoms with van der Waals surface area (Å²) in [6.45, 7) is 12.7. The molecule has 2 aromatic carbocycles. The van der Waals surface area contributed by atoms with Crippen LogP contribution in [-0.4, -0.2) is 27.8 Å². The zero-order valence-electron chi connectivity index (χ0n) is 22.0. The maximum absolute atomic E-state index is 12.4. The normalized spacial score (nSPS) is 12.5. The first-order chi connectivity index (χ1) is 16.8. The molecule has 1 unspecified atom stereocenters. The number of benzene rings is 2. The van der Waals surface area contributed by atoms with Crippen LogP contribution in [0.2, 0.25) is 0 Å². The molecule has 0 saturated heterocycles. The molecule has 1 aromatic heterocycles. The molecule has 0 radical (unpaired) electrons. The van der Waals surface area contributed by atoms with Gasteiger partial charge in [-0.05, 0) is 24.2 Å². The Morgan fingerprint density at radius 1 is 1.03 bits per heavy atom. The van der Waals surface area contributed by atoms with Gasteiger partial charge in [-0.25, -0.2) is 4.98 Å². The van der Waals surface area contributed by atoms with E-state index in [0.29, 0.717) is 18.9 Å². The van der Waals surface area contributed by atoms with Gasteiger partial charge in [0.05, 0.1) is 11.4 Å². The van der Waals surface area contributed by atoms with E-state index in [4.69, 9.17) is 4.98 Å². The number of hydrogen-bond donors (Lipinski definition) is 1. The molecule has 1 N–H and O–H groups in total. The quantitative estimate of drug-likeness (QED) is 0.209. The van der Waals surface area contributed by atoms with Crippen molar-refractivity contribution in [2.75, 3.05) is 12.3 Å². The molecule has 4 nitrogen and oxygen atoms in total.